The average molecular weight is 349 g/mol. The predicted molar refractivity (Wildman–Crippen MR) is 95.1 cm³/mol. The lowest BCUT2D eigenvalue weighted by Gasteiger charge is -2.19. The van der Waals surface area contributed by atoms with Crippen LogP contribution in [-0.2, 0) is 0 Å². The summed E-state index contributed by atoms with van der Waals surface area (Å²) >= 11 is 0. The van der Waals surface area contributed by atoms with Gasteiger partial charge in [-0.15, -0.1) is 0 Å². The summed E-state index contributed by atoms with van der Waals surface area (Å²) in [6, 6.07) is 4.45. The molecule has 25 heavy (non-hydrogen) atoms. The van der Waals surface area contributed by atoms with Crippen LogP contribution in [0.4, 0.5) is 10.2 Å². The van der Waals surface area contributed by atoms with Crippen LogP contribution in [0.1, 0.15) is 26.7 Å². The number of aromatic nitrogens is 2. The summed E-state index contributed by atoms with van der Waals surface area (Å²) in [6.45, 7) is 4.19. The van der Waals surface area contributed by atoms with E-state index in [2.05, 4.69) is 29.1 Å². The van der Waals surface area contributed by atoms with E-state index in [0.717, 1.165) is 12.8 Å². The number of methoxy groups -OCH3 is 3. The van der Waals surface area contributed by atoms with Crippen LogP contribution < -0.4 is 19.5 Å². The minimum atomic E-state index is -0.397. The third-order valence-electron chi connectivity index (χ3n) is 3.96. The second kappa shape index (κ2) is 8.50. The highest BCUT2D eigenvalue weighted by Crippen LogP contribution is 2.37. The number of hydrogen-bond donors (Lipinski definition) is 1. The molecule has 1 heterocycles. The van der Waals surface area contributed by atoms with Crippen molar-refractivity contribution in [2.24, 2.45) is 0 Å². The predicted octanol–water partition coefficient (Wildman–Crippen LogP) is 3.91. The van der Waals surface area contributed by atoms with Crippen molar-refractivity contribution in [1.29, 1.82) is 0 Å². The molecule has 0 aliphatic carbocycles. The molecular formula is C18H24FN3O3. The van der Waals surface area contributed by atoms with Crippen LogP contribution in [0.3, 0.4) is 0 Å². The third kappa shape index (κ3) is 4.10. The standard InChI is InChI=1S/C18H24FN3O3/c1-6-12(7-2)20-16-18(25-5)21-15(17(22-16)24-4)13-9-8-11(19)10-14(13)23-3/h8-10,12H,6-7H2,1-5H3,(H,20,22). The zero-order valence-corrected chi connectivity index (χ0v) is 15.2. The van der Waals surface area contributed by atoms with Crippen molar-refractivity contribution in [3.05, 3.63) is 24.0 Å². The van der Waals surface area contributed by atoms with Gasteiger partial charge >= 0.3 is 0 Å². The third-order valence-corrected chi connectivity index (χ3v) is 3.96. The molecule has 0 fully saturated rings. The van der Waals surface area contributed by atoms with Gasteiger partial charge in [0.1, 0.15) is 17.3 Å². The maximum atomic E-state index is 13.5. The summed E-state index contributed by atoms with van der Waals surface area (Å²) in [5.41, 5.74) is 0.993. The number of nitrogens with zero attached hydrogens (tertiary/aromatic N) is 2. The van der Waals surface area contributed by atoms with Crippen molar-refractivity contribution in [3.63, 3.8) is 0 Å². The number of rotatable bonds is 8. The number of nitrogens with one attached hydrogen (secondary N) is 1. The van der Waals surface area contributed by atoms with E-state index >= 15 is 0 Å². The average Bonchev–Trinajstić information content (AvgIpc) is 2.65. The van der Waals surface area contributed by atoms with Crippen molar-refractivity contribution in [2.75, 3.05) is 26.6 Å². The minimum absolute atomic E-state index is 0.249. The zero-order valence-electron chi connectivity index (χ0n) is 15.2. The van der Waals surface area contributed by atoms with E-state index in [0.29, 0.717) is 34.6 Å². The van der Waals surface area contributed by atoms with Crippen LogP contribution >= 0.6 is 0 Å². The Hall–Kier alpha value is -2.57. The Bertz CT molecular complexity index is 721. The van der Waals surface area contributed by atoms with Crippen molar-refractivity contribution in [2.45, 2.75) is 32.7 Å². The largest absolute Gasteiger partial charge is 0.496 e. The summed E-state index contributed by atoms with van der Waals surface area (Å²) in [5.74, 6) is 1.10. The molecular weight excluding hydrogens is 325 g/mol. The van der Waals surface area contributed by atoms with E-state index < -0.39 is 5.82 Å². The highest BCUT2D eigenvalue weighted by molar-refractivity contribution is 5.73. The molecule has 0 radical (unpaired) electrons. The zero-order chi connectivity index (χ0) is 18.4. The van der Waals surface area contributed by atoms with Crippen LogP contribution in [0.2, 0.25) is 0 Å². The summed E-state index contributed by atoms with van der Waals surface area (Å²) in [6.07, 6.45) is 1.88. The van der Waals surface area contributed by atoms with Crippen molar-refractivity contribution < 1.29 is 18.6 Å². The molecule has 1 aromatic heterocycles. The Morgan fingerprint density at radius 1 is 1.00 bits per heavy atom. The fourth-order valence-corrected chi connectivity index (χ4v) is 2.51. The van der Waals surface area contributed by atoms with Crippen LogP contribution in [-0.4, -0.2) is 37.3 Å². The summed E-state index contributed by atoms with van der Waals surface area (Å²) < 4.78 is 29.5. The van der Waals surface area contributed by atoms with Crippen molar-refractivity contribution in [3.8, 4) is 28.8 Å². The monoisotopic (exact) mass is 349 g/mol. The second-order valence-electron chi connectivity index (χ2n) is 5.44. The number of halogens is 1. The lowest BCUT2D eigenvalue weighted by Crippen LogP contribution is -2.19. The first-order chi connectivity index (χ1) is 12.1. The first kappa shape index (κ1) is 18.8. The molecule has 0 bridgehead atoms. The van der Waals surface area contributed by atoms with Gasteiger partial charge in [0.05, 0.1) is 21.3 Å². The van der Waals surface area contributed by atoms with Crippen molar-refractivity contribution in [1.82, 2.24) is 9.97 Å². The molecule has 0 saturated carbocycles. The van der Waals surface area contributed by atoms with E-state index in [1.807, 2.05) is 0 Å². The summed E-state index contributed by atoms with van der Waals surface area (Å²) in [4.78, 5) is 9.02. The molecule has 0 atom stereocenters. The van der Waals surface area contributed by atoms with Crippen LogP contribution in [0, 0.1) is 5.82 Å². The van der Waals surface area contributed by atoms with Gasteiger partial charge in [-0.2, -0.15) is 4.98 Å². The molecule has 0 aliphatic rings. The van der Waals surface area contributed by atoms with Crippen LogP contribution in [0.5, 0.6) is 17.5 Å². The lowest BCUT2D eigenvalue weighted by molar-refractivity contribution is 0.377. The van der Waals surface area contributed by atoms with Crippen LogP contribution in [0.25, 0.3) is 11.3 Å². The molecule has 2 aromatic rings. The van der Waals surface area contributed by atoms with Gasteiger partial charge in [0, 0.05) is 17.7 Å². The Morgan fingerprint density at radius 3 is 2.24 bits per heavy atom. The molecule has 2 rings (SSSR count). The highest BCUT2D eigenvalue weighted by Gasteiger charge is 2.21. The molecule has 0 unspecified atom stereocenters. The maximum absolute atomic E-state index is 13.5. The van der Waals surface area contributed by atoms with Gasteiger partial charge in [-0.25, -0.2) is 9.37 Å². The molecule has 0 aliphatic heterocycles. The van der Waals surface area contributed by atoms with E-state index in [1.165, 1.54) is 33.5 Å². The molecule has 0 spiro atoms. The van der Waals surface area contributed by atoms with E-state index in [1.54, 1.807) is 6.07 Å². The van der Waals surface area contributed by atoms with Gasteiger partial charge in [-0.1, -0.05) is 13.8 Å². The fraction of sp³-hybridized carbons (Fsp3) is 0.444. The molecule has 6 nitrogen and oxygen atoms in total. The molecule has 0 saturated heterocycles. The number of ether oxygens (including phenoxy) is 3. The Kier molecular flexibility index (Phi) is 6.38. The SMILES string of the molecule is CCC(CC)Nc1nc(OC)c(-c2ccc(F)cc2OC)nc1OC. The van der Waals surface area contributed by atoms with Gasteiger partial charge in [0.2, 0.25) is 5.88 Å². The quantitative estimate of drug-likeness (QED) is 0.779. The molecule has 0 amide bonds. The van der Waals surface area contributed by atoms with E-state index in [9.17, 15) is 4.39 Å². The summed E-state index contributed by atoms with van der Waals surface area (Å²) in [5, 5.41) is 3.32. The van der Waals surface area contributed by atoms with E-state index in [-0.39, 0.29) is 6.04 Å². The Balaban J connectivity index is 2.56. The van der Waals surface area contributed by atoms with Gasteiger partial charge < -0.3 is 19.5 Å². The minimum Gasteiger partial charge on any atom is -0.496 e. The van der Waals surface area contributed by atoms with Gasteiger partial charge in [0.15, 0.2) is 5.82 Å². The van der Waals surface area contributed by atoms with Crippen LogP contribution in [0.15, 0.2) is 18.2 Å². The van der Waals surface area contributed by atoms with Gasteiger partial charge in [-0.3, -0.25) is 0 Å². The number of anilines is 1. The number of hydrogen-bond acceptors (Lipinski definition) is 6. The smallest absolute Gasteiger partial charge is 0.258 e. The Morgan fingerprint density at radius 2 is 1.68 bits per heavy atom. The second-order valence-corrected chi connectivity index (χ2v) is 5.44. The first-order valence-corrected chi connectivity index (χ1v) is 8.18. The van der Waals surface area contributed by atoms with Crippen molar-refractivity contribution >= 4 is 5.82 Å². The van der Waals surface area contributed by atoms with Gasteiger partial charge in [0.25, 0.3) is 5.88 Å². The van der Waals surface area contributed by atoms with Gasteiger partial charge in [-0.05, 0) is 25.0 Å². The maximum Gasteiger partial charge on any atom is 0.258 e. The number of benzene rings is 1. The topological polar surface area (TPSA) is 65.5 Å². The lowest BCUT2D eigenvalue weighted by atomic mass is 10.1. The summed E-state index contributed by atoms with van der Waals surface area (Å²) in [7, 11) is 4.51. The molecule has 7 heteroatoms. The molecule has 1 N–H and O–H groups in total. The Labute approximate surface area is 147 Å². The highest BCUT2D eigenvalue weighted by atomic mass is 19.1. The normalized spacial score (nSPS) is 10.7. The van der Waals surface area contributed by atoms with E-state index in [4.69, 9.17) is 14.2 Å². The first-order valence-electron chi connectivity index (χ1n) is 8.18. The fourth-order valence-electron chi connectivity index (χ4n) is 2.51. The molecule has 1 aromatic carbocycles. The molecule has 136 valence electrons.